The molecule has 1 atom stereocenters. The third kappa shape index (κ3) is 2.26. The molecular weight excluding hydrogens is 248 g/mol. The molecule has 18 heavy (non-hydrogen) atoms. The van der Waals surface area contributed by atoms with Crippen molar-refractivity contribution < 1.29 is 0 Å². The van der Waals surface area contributed by atoms with Gasteiger partial charge < -0.3 is 5.32 Å². The van der Waals surface area contributed by atoms with Crippen LogP contribution in [0.4, 0.5) is 0 Å². The summed E-state index contributed by atoms with van der Waals surface area (Å²) < 4.78 is 1.92. The number of pyridine rings is 1. The normalized spacial score (nSPS) is 12.7. The lowest BCUT2D eigenvalue weighted by Crippen LogP contribution is -2.22. The zero-order chi connectivity index (χ0) is 13.1. The van der Waals surface area contributed by atoms with Crippen molar-refractivity contribution in [3.8, 4) is 0 Å². The number of aromatic nitrogens is 3. The van der Waals surface area contributed by atoms with Gasteiger partial charge in [-0.3, -0.25) is 9.67 Å². The van der Waals surface area contributed by atoms with Crippen LogP contribution in [-0.2, 0) is 6.54 Å². The minimum atomic E-state index is 0.0305. The summed E-state index contributed by atoms with van der Waals surface area (Å²) in [6.07, 6.45) is 5.36. The van der Waals surface area contributed by atoms with E-state index in [1.54, 1.807) is 12.4 Å². The first-order valence-electron chi connectivity index (χ1n) is 5.98. The van der Waals surface area contributed by atoms with Gasteiger partial charge in [-0.2, -0.15) is 5.10 Å². The van der Waals surface area contributed by atoms with Crippen LogP contribution in [0.5, 0.6) is 0 Å². The van der Waals surface area contributed by atoms with Gasteiger partial charge in [0.05, 0.1) is 23.0 Å². The molecule has 1 unspecified atom stereocenters. The second-order valence-electron chi connectivity index (χ2n) is 4.15. The monoisotopic (exact) mass is 264 g/mol. The van der Waals surface area contributed by atoms with Crippen LogP contribution in [0.2, 0.25) is 5.02 Å². The van der Waals surface area contributed by atoms with Gasteiger partial charge in [0.15, 0.2) is 0 Å². The first-order chi connectivity index (χ1) is 8.69. The van der Waals surface area contributed by atoms with Crippen LogP contribution in [0.1, 0.15) is 29.8 Å². The van der Waals surface area contributed by atoms with Gasteiger partial charge in [0.25, 0.3) is 0 Å². The van der Waals surface area contributed by atoms with Crippen molar-refractivity contribution in [2.75, 3.05) is 7.05 Å². The van der Waals surface area contributed by atoms with Gasteiger partial charge in [0, 0.05) is 18.9 Å². The lowest BCUT2D eigenvalue weighted by atomic mass is 10.0. The van der Waals surface area contributed by atoms with Crippen LogP contribution in [0.15, 0.2) is 24.7 Å². The minimum Gasteiger partial charge on any atom is -0.308 e. The molecule has 0 amide bonds. The highest BCUT2D eigenvalue weighted by Crippen LogP contribution is 2.29. The van der Waals surface area contributed by atoms with Gasteiger partial charge in [-0.1, -0.05) is 11.6 Å². The molecule has 1 N–H and O–H groups in total. The number of hydrogen-bond donors (Lipinski definition) is 1. The van der Waals surface area contributed by atoms with E-state index in [-0.39, 0.29) is 6.04 Å². The van der Waals surface area contributed by atoms with E-state index < -0.39 is 0 Å². The van der Waals surface area contributed by atoms with Crippen LogP contribution in [-0.4, -0.2) is 21.8 Å². The van der Waals surface area contributed by atoms with Gasteiger partial charge in [-0.15, -0.1) is 0 Å². The number of hydrogen-bond acceptors (Lipinski definition) is 3. The van der Waals surface area contributed by atoms with Gasteiger partial charge in [-0.25, -0.2) is 0 Å². The Bertz CT molecular complexity index is 536. The van der Waals surface area contributed by atoms with E-state index in [9.17, 15) is 0 Å². The maximum Gasteiger partial charge on any atom is 0.0837 e. The van der Waals surface area contributed by atoms with Crippen molar-refractivity contribution in [1.82, 2.24) is 20.1 Å². The summed E-state index contributed by atoms with van der Waals surface area (Å²) in [5.41, 5.74) is 3.30. The Hall–Kier alpha value is -1.39. The van der Waals surface area contributed by atoms with Gasteiger partial charge in [-0.05, 0) is 38.1 Å². The number of rotatable bonds is 4. The lowest BCUT2D eigenvalue weighted by Gasteiger charge is -2.20. The van der Waals surface area contributed by atoms with Crippen LogP contribution in [0.25, 0.3) is 0 Å². The number of nitrogens with zero attached hydrogens (tertiary/aromatic N) is 3. The Balaban J connectivity index is 2.52. The summed E-state index contributed by atoms with van der Waals surface area (Å²) in [6, 6.07) is 2.04. The summed E-state index contributed by atoms with van der Waals surface area (Å²) in [4.78, 5) is 4.12. The Kier molecular flexibility index (Phi) is 3.99. The molecule has 5 heteroatoms. The van der Waals surface area contributed by atoms with E-state index >= 15 is 0 Å². The molecule has 2 rings (SSSR count). The third-order valence-corrected chi connectivity index (χ3v) is 3.36. The average Bonchev–Trinajstić information content (AvgIpc) is 2.74. The quantitative estimate of drug-likeness (QED) is 0.923. The summed E-state index contributed by atoms with van der Waals surface area (Å²) in [5, 5.41) is 8.28. The van der Waals surface area contributed by atoms with Crippen molar-refractivity contribution in [2.45, 2.75) is 26.4 Å². The summed E-state index contributed by atoms with van der Waals surface area (Å²) in [7, 11) is 1.92. The molecule has 0 radical (unpaired) electrons. The topological polar surface area (TPSA) is 42.7 Å². The average molecular weight is 265 g/mol. The standard InChI is InChI=1S/C13H17ClN4/c1-4-18-13(11(14)8-17-18)12(15-3)10-5-6-16-7-9(10)2/h5-8,12,15H,4H2,1-3H3. The van der Waals surface area contributed by atoms with Gasteiger partial charge in [0.1, 0.15) is 0 Å². The van der Waals surface area contributed by atoms with E-state index in [0.29, 0.717) is 5.02 Å². The molecule has 0 spiro atoms. The van der Waals surface area contributed by atoms with E-state index in [1.807, 2.05) is 30.9 Å². The molecule has 0 aliphatic rings. The Morgan fingerprint density at radius 2 is 2.22 bits per heavy atom. The van der Waals surface area contributed by atoms with Crippen molar-refractivity contribution in [3.05, 3.63) is 46.5 Å². The van der Waals surface area contributed by atoms with Crippen molar-refractivity contribution >= 4 is 11.6 Å². The Morgan fingerprint density at radius 1 is 1.44 bits per heavy atom. The second-order valence-corrected chi connectivity index (χ2v) is 4.55. The molecule has 0 fully saturated rings. The number of nitrogens with one attached hydrogen (secondary N) is 1. The first-order valence-corrected chi connectivity index (χ1v) is 6.35. The predicted octanol–water partition coefficient (Wildman–Crippen LogP) is 2.57. The van der Waals surface area contributed by atoms with E-state index in [4.69, 9.17) is 11.6 Å². The molecule has 2 aromatic rings. The molecule has 2 heterocycles. The summed E-state index contributed by atoms with van der Waals surface area (Å²) >= 11 is 6.26. The Labute approximate surface area is 112 Å². The first kappa shape index (κ1) is 13.1. The summed E-state index contributed by atoms with van der Waals surface area (Å²) in [6.45, 7) is 4.90. The lowest BCUT2D eigenvalue weighted by molar-refractivity contribution is 0.561. The second kappa shape index (κ2) is 5.50. The Morgan fingerprint density at radius 3 is 2.83 bits per heavy atom. The van der Waals surface area contributed by atoms with E-state index in [2.05, 4.69) is 22.3 Å². The third-order valence-electron chi connectivity index (χ3n) is 3.07. The molecule has 0 saturated carbocycles. The molecule has 4 nitrogen and oxygen atoms in total. The van der Waals surface area contributed by atoms with Crippen LogP contribution >= 0.6 is 11.6 Å². The van der Waals surface area contributed by atoms with Crippen molar-refractivity contribution in [1.29, 1.82) is 0 Å². The van der Waals surface area contributed by atoms with E-state index in [1.165, 1.54) is 5.56 Å². The zero-order valence-corrected chi connectivity index (χ0v) is 11.6. The minimum absolute atomic E-state index is 0.0305. The van der Waals surface area contributed by atoms with Crippen LogP contribution < -0.4 is 5.32 Å². The highest BCUT2D eigenvalue weighted by molar-refractivity contribution is 6.31. The van der Waals surface area contributed by atoms with Crippen molar-refractivity contribution in [3.63, 3.8) is 0 Å². The fraction of sp³-hybridized carbons (Fsp3) is 0.385. The molecule has 96 valence electrons. The predicted molar refractivity (Wildman–Crippen MR) is 72.8 cm³/mol. The highest BCUT2D eigenvalue weighted by Gasteiger charge is 2.21. The molecular formula is C13H17ClN4. The molecule has 0 aromatic carbocycles. The van der Waals surface area contributed by atoms with Gasteiger partial charge in [0.2, 0.25) is 0 Å². The molecule has 2 aromatic heterocycles. The number of aryl methyl sites for hydroxylation is 2. The fourth-order valence-corrected chi connectivity index (χ4v) is 2.41. The molecule has 0 saturated heterocycles. The van der Waals surface area contributed by atoms with Crippen LogP contribution in [0.3, 0.4) is 0 Å². The molecule has 0 bridgehead atoms. The van der Waals surface area contributed by atoms with Crippen molar-refractivity contribution in [2.24, 2.45) is 0 Å². The smallest absolute Gasteiger partial charge is 0.0837 e. The zero-order valence-electron chi connectivity index (χ0n) is 10.8. The highest BCUT2D eigenvalue weighted by atomic mass is 35.5. The maximum absolute atomic E-state index is 6.26. The molecule has 0 aliphatic heterocycles. The van der Waals surface area contributed by atoms with Gasteiger partial charge >= 0.3 is 0 Å². The van der Waals surface area contributed by atoms with E-state index in [0.717, 1.165) is 17.8 Å². The largest absolute Gasteiger partial charge is 0.308 e. The summed E-state index contributed by atoms with van der Waals surface area (Å²) in [5.74, 6) is 0. The maximum atomic E-state index is 6.26. The number of halogens is 1. The fourth-order valence-electron chi connectivity index (χ4n) is 2.16. The molecule has 0 aliphatic carbocycles. The van der Waals surface area contributed by atoms with Crippen LogP contribution in [0, 0.1) is 6.92 Å². The SMILES string of the molecule is CCn1ncc(Cl)c1C(NC)c1ccncc1C.